The smallest absolute Gasteiger partial charge is 0.344 e. The molecule has 1 aromatic carbocycles. The highest BCUT2D eigenvalue weighted by Crippen LogP contribution is 2.25. The molecule has 0 aliphatic heterocycles. The molecule has 0 aromatic heterocycles. The summed E-state index contributed by atoms with van der Waals surface area (Å²) in [4.78, 5) is 25.8. The van der Waals surface area contributed by atoms with Gasteiger partial charge < -0.3 is 19.1 Å². The van der Waals surface area contributed by atoms with Crippen molar-refractivity contribution in [3.63, 3.8) is 0 Å². The molecule has 0 N–H and O–H groups in total. The Bertz CT molecular complexity index is 547. The maximum absolute atomic E-state index is 12.3. The van der Waals surface area contributed by atoms with Gasteiger partial charge in [0.15, 0.2) is 24.7 Å². The summed E-state index contributed by atoms with van der Waals surface area (Å²) in [6.07, 6.45) is 0. The Kier molecular flexibility index (Phi) is 8.81. The van der Waals surface area contributed by atoms with Gasteiger partial charge in [-0.15, -0.1) is 0 Å². The van der Waals surface area contributed by atoms with E-state index >= 15 is 0 Å². The number of carbonyl (C=O) groups excluding carboxylic acids is 2. The Balaban J connectivity index is 2.47. The first kappa shape index (κ1) is 20.8. The number of hydrogen-bond donors (Lipinski definition) is 0. The molecule has 0 saturated heterocycles. The van der Waals surface area contributed by atoms with Crippen LogP contribution in [0.2, 0.25) is 0 Å². The fourth-order valence-corrected chi connectivity index (χ4v) is 2.31. The average Bonchev–Trinajstić information content (AvgIpc) is 2.56. The number of nitrogens with zero attached hydrogens (tertiary/aromatic N) is 1. The van der Waals surface area contributed by atoms with E-state index in [1.165, 1.54) is 7.11 Å². The number of carbonyl (C=O) groups is 2. The summed E-state index contributed by atoms with van der Waals surface area (Å²) in [7, 11) is 1.53. The lowest BCUT2D eigenvalue weighted by Crippen LogP contribution is -2.39. The molecule has 6 heteroatoms. The summed E-state index contributed by atoms with van der Waals surface area (Å²) in [5, 5.41) is 0. The molecule has 0 unspecified atom stereocenters. The van der Waals surface area contributed by atoms with Crippen LogP contribution in [0.1, 0.15) is 27.7 Å². The maximum Gasteiger partial charge on any atom is 0.344 e. The zero-order chi connectivity index (χ0) is 18.8. The van der Waals surface area contributed by atoms with E-state index in [1.807, 2.05) is 27.7 Å². The predicted octanol–water partition coefficient (Wildman–Crippen LogP) is 2.76. The molecule has 0 atom stereocenters. The molecule has 6 nitrogen and oxygen atoms in total. The minimum Gasteiger partial charge on any atom is -0.493 e. The number of amides is 1. The molecule has 0 bridgehead atoms. The first-order valence-electron chi connectivity index (χ1n) is 8.52. The number of hydrogen-bond acceptors (Lipinski definition) is 5. The summed E-state index contributed by atoms with van der Waals surface area (Å²) in [5.74, 6) is 0.918. The molecule has 1 rings (SSSR count). The lowest BCUT2D eigenvalue weighted by Gasteiger charge is -2.26. The molecule has 25 heavy (non-hydrogen) atoms. The van der Waals surface area contributed by atoms with Crippen LogP contribution >= 0.6 is 0 Å². The number of ether oxygens (including phenoxy) is 3. The number of methoxy groups -OCH3 is 1. The molecule has 0 aliphatic rings. The second-order valence-corrected chi connectivity index (χ2v) is 6.69. The van der Waals surface area contributed by atoms with Crippen LogP contribution in [0.25, 0.3) is 0 Å². The summed E-state index contributed by atoms with van der Waals surface area (Å²) in [6.45, 7) is 8.94. The van der Waals surface area contributed by atoms with Gasteiger partial charge in [-0.1, -0.05) is 39.8 Å². The second-order valence-electron chi connectivity index (χ2n) is 6.69. The molecule has 1 amide bonds. The fraction of sp³-hybridized carbons (Fsp3) is 0.579. The third-order valence-electron chi connectivity index (χ3n) is 3.30. The standard InChI is InChI=1S/C19H29NO5/c1-14(2)10-20(11-15(3)4)18(21)12-25-19(22)13-24-17-9-7-6-8-16(17)23-5/h6-9,14-15H,10-13H2,1-5H3. The first-order valence-corrected chi connectivity index (χ1v) is 8.52. The minimum atomic E-state index is -0.590. The Morgan fingerprint density at radius 3 is 2.04 bits per heavy atom. The van der Waals surface area contributed by atoms with E-state index in [0.717, 1.165) is 0 Å². The Morgan fingerprint density at radius 2 is 1.52 bits per heavy atom. The number of rotatable bonds is 10. The van der Waals surface area contributed by atoms with E-state index in [0.29, 0.717) is 36.4 Å². The highest BCUT2D eigenvalue weighted by molar-refractivity contribution is 5.81. The topological polar surface area (TPSA) is 65.1 Å². The minimum absolute atomic E-state index is 0.187. The Labute approximate surface area is 150 Å². The molecule has 0 radical (unpaired) electrons. The van der Waals surface area contributed by atoms with Crippen LogP contribution in [0.5, 0.6) is 11.5 Å². The Hall–Kier alpha value is -2.24. The molecule has 0 aliphatic carbocycles. The van der Waals surface area contributed by atoms with Crippen LogP contribution in [0.3, 0.4) is 0 Å². The van der Waals surface area contributed by atoms with Gasteiger partial charge in [-0.3, -0.25) is 4.79 Å². The van der Waals surface area contributed by atoms with Crippen molar-refractivity contribution in [2.45, 2.75) is 27.7 Å². The van der Waals surface area contributed by atoms with Crippen molar-refractivity contribution in [1.29, 1.82) is 0 Å². The van der Waals surface area contributed by atoms with Gasteiger partial charge in [-0.25, -0.2) is 4.79 Å². The molecule has 0 saturated carbocycles. The third-order valence-corrected chi connectivity index (χ3v) is 3.30. The number of esters is 1. The molecule has 0 heterocycles. The van der Waals surface area contributed by atoms with Gasteiger partial charge in [0.25, 0.3) is 5.91 Å². The number of benzene rings is 1. The predicted molar refractivity (Wildman–Crippen MR) is 95.7 cm³/mol. The average molecular weight is 351 g/mol. The molecular weight excluding hydrogens is 322 g/mol. The molecule has 140 valence electrons. The molecular formula is C19H29NO5. The van der Waals surface area contributed by atoms with Gasteiger partial charge >= 0.3 is 5.97 Å². The number of para-hydroxylation sites is 2. The van der Waals surface area contributed by atoms with Crippen molar-refractivity contribution in [3.8, 4) is 11.5 Å². The second kappa shape index (κ2) is 10.6. The van der Waals surface area contributed by atoms with Crippen molar-refractivity contribution in [1.82, 2.24) is 4.90 Å². The largest absolute Gasteiger partial charge is 0.493 e. The van der Waals surface area contributed by atoms with Crippen LogP contribution in [0, 0.1) is 11.8 Å². The zero-order valence-corrected chi connectivity index (χ0v) is 15.8. The van der Waals surface area contributed by atoms with Crippen molar-refractivity contribution >= 4 is 11.9 Å². The van der Waals surface area contributed by atoms with Gasteiger partial charge in [-0.05, 0) is 24.0 Å². The first-order chi connectivity index (χ1) is 11.8. The van der Waals surface area contributed by atoms with Gasteiger partial charge in [0.2, 0.25) is 0 Å². The van der Waals surface area contributed by atoms with E-state index < -0.39 is 5.97 Å². The van der Waals surface area contributed by atoms with Crippen LogP contribution in [0.15, 0.2) is 24.3 Å². The monoisotopic (exact) mass is 351 g/mol. The Morgan fingerprint density at radius 1 is 0.960 bits per heavy atom. The lowest BCUT2D eigenvalue weighted by atomic mass is 10.1. The highest BCUT2D eigenvalue weighted by Gasteiger charge is 2.18. The zero-order valence-electron chi connectivity index (χ0n) is 15.8. The van der Waals surface area contributed by atoms with E-state index in [2.05, 4.69) is 0 Å². The van der Waals surface area contributed by atoms with Crippen LogP contribution in [0.4, 0.5) is 0 Å². The summed E-state index contributed by atoms with van der Waals surface area (Å²) >= 11 is 0. The van der Waals surface area contributed by atoms with Crippen LogP contribution < -0.4 is 9.47 Å². The van der Waals surface area contributed by atoms with Crippen molar-refractivity contribution in [2.75, 3.05) is 33.4 Å². The molecule has 0 spiro atoms. The van der Waals surface area contributed by atoms with E-state index in [-0.39, 0.29) is 19.1 Å². The van der Waals surface area contributed by atoms with Crippen molar-refractivity contribution in [3.05, 3.63) is 24.3 Å². The van der Waals surface area contributed by atoms with E-state index in [4.69, 9.17) is 14.2 Å². The van der Waals surface area contributed by atoms with Gasteiger partial charge in [0, 0.05) is 13.1 Å². The highest BCUT2D eigenvalue weighted by atomic mass is 16.6. The summed E-state index contributed by atoms with van der Waals surface area (Å²) < 4.78 is 15.6. The van der Waals surface area contributed by atoms with Crippen LogP contribution in [-0.4, -0.2) is 50.2 Å². The van der Waals surface area contributed by atoms with Gasteiger partial charge in [0.1, 0.15) is 0 Å². The summed E-state index contributed by atoms with van der Waals surface area (Å²) in [5.41, 5.74) is 0. The van der Waals surface area contributed by atoms with Gasteiger partial charge in [-0.2, -0.15) is 0 Å². The summed E-state index contributed by atoms with van der Waals surface area (Å²) in [6, 6.07) is 7.02. The van der Waals surface area contributed by atoms with E-state index in [9.17, 15) is 9.59 Å². The quantitative estimate of drug-likeness (QED) is 0.607. The van der Waals surface area contributed by atoms with E-state index in [1.54, 1.807) is 29.2 Å². The lowest BCUT2D eigenvalue weighted by molar-refractivity contribution is -0.154. The van der Waals surface area contributed by atoms with Crippen molar-refractivity contribution < 1.29 is 23.8 Å². The molecule has 1 aromatic rings. The van der Waals surface area contributed by atoms with Gasteiger partial charge in [0.05, 0.1) is 7.11 Å². The SMILES string of the molecule is COc1ccccc1OCC(=O)OCC(=O)N(CC(C)C)CC(C)C. The molecule has 0 fully saturated rings. The fourth-order valence-electron chi connectivity index (χ4n) is 2.31. The maximum atomic E-state index is 12.3. The van der Waals surface area contributed by atoms with Crippen molar-refractivity contribution in [2.24, 2.45) is 11.8 Å². The van der Waals surface area contributed by atoms with Crippen LogP contribution in [-0.2, 0) is 14.3 Å². The third kappa shape index (κ3) is 7.92. The normalized spacial score (nSPS) is 10.7.